The van der Waals surface area contributed by atoms with Crippen LogP contribution in [-0.2, 0) is 28.6 Å². The van der Waals surface area contributed by atoms with Crippen LogP contribution in [0.2, 0.25) is 0 Å². The van der Waals surface area contributed by atoms with E-state index in [-0.39, 0.29) is 24.7 Å². The number of carbonyl (C=O) groups is 1. The van der Waals surface area contributed by atoms with E-state index in [0.29, 0.717) is 6.29 Å². The highest BCUT2D eigenvalue weighted by molar-refractivity contribution is 7.86. The van der Waals surface area contributed by atoms with Crippen LogP contribution < -0.4 is 0 Å². The summed E-state index contributed by atoms with van der Waals surface area (Å²) >= 11 is 0. The van der Waals surface area contributed by atoms with E-state index in [9.17, 15) is 13.2 Å². The summed E-state index contributed by atoms with van der Waals surface area (Å²) in [5, 5.41) is 0. The molecule has 0 aromatic heterocycles. The molecule has 0 N–H and O–H groups in total. The van der Waals surface area contributed by atoms with Crippen molar-refractivity contribution in [1.82, 2.24) is 0 Å². The Bertz CT molecular complexity index is 543. The first-order chi connectivity index (χ1) is 9.51. The molecular weight excluding hydrogens is 284 g/mol. The van der Waals surface area contributed by atoms with Gasteiger partial charge in [-0.25, -0.2) is 0 Å². The highest BCUT2D eigenvalue weighted by Crippen LogP contribution is 2.15. The minimum atomic E-state index is -3.80. The summed E-state index contributed by atoms with van der Waals surface area (Å²) in [5.74, 6) is 0. The Balaban J connectivity index is 1.90. The van der Waals surface area contributed by atoms with Gasteiger partial charge in [0, 0.05) is 0 Å². The van der Waals surface area contributed by atoms with Crippen LogP contribution in [0.15, 0.2) is 29.2 Å². The highest BCUT2D eigenvalue weighted by Gasteiger charge is 2.24. The van der Waals surface area contributed by atoms with Crippen molar-refractivity contribution in [2.24, 2.45) is 0 Å². The molecule has 1 saturated heterocycles. The number of aldehydes is 1. The molecule has 1 aliphatic rings. The van der Waals surface area contributed by atoms with E-state index in [1.165, 1.54) is 12.1 Å². The normalized spacial score (nSPS) is 23.4. The van der Waals surface area contributed by atoms with Gasteiger partial charge in [0.1, 0.15) is 12.2 Å². The van der Waals surface area contributed by atoms with Gasteiger partial charge in [-0.3, -0.25) is 4.18 Å². The molecule has 0 bridgehead atoms. The second kappa shape index (κ2) is 6.45. The molecule has 6 nitrogen and oxygen atoms in total. The molecular formula is C13H16O6S. The van der Waals surface area contributed by atoms with Crippen LogP contribution in [0.1, 0.15) is 5.56 Å². The van der Waals surface area contributed by atoms with Gasteiger partial charge in [0.25, 0.3) is 10.1 Å². The molecule has 1 heterocycles. The van der Waals surface area contributed by atoms with Crippen molar-refractivity contribution in [3.8, 4) is 0 Å². The van der Waals surface area contributed by atoms with Gasteiger partial charge in [-0.05, 0) is 19.1 Å². The highest BCUT2D eigenvalue weighted by atomic mass is 32.2. The summed E-state index contributed by atoms with van der Waals surface area (Å²) in [6.45, 7) is 1.98. The number of rotatable bonds is 5. The fourth-order valence-corrected chi connectivity index (χ4v) is 2.61. The summed E-state index contributed by atoms with van der Waals surface area (Å²) in [5.41, 5.74) is 0.966. The third-order valence-corrected chi connectivity index (χ3v) is 4.16. The van der Waals surface area contributed by atoms with Crippen LogP contribution in [-0.4, -0.2) is 46.7 Å². The molecule has 1 fully saturated rings. The molecule has 2 atom stereocenters. The van der Waals surface area contributed by atoms with Gasteiger partial charge in [0.15, 0.2) is 6.29 Å². The lowest BCUT2D eigenvalue weighted by molar-refractivity contribution is -0.152. The zero-order valence-electron chi connectivity index (χ0n) is 11.0. The summed E-state index contributed by atoms with van der Waals surface area (Å²) in [7, 11) is -3.80. The number of carbonyl (C=O) groups excluding carboxylic acids is 1. The van der Waals surface area contributed by atoms with Crippen LogP contribution in [0.5, 0.6) is 0 Å². The predicted molar refractivity (Wildman–Crippen MR) is 69.9 cm³/mol. The number of benzene rings is 1. The molecule has 7 heteroatoms. The lowest BCUT2D eigenvalue weighted by Gasteiger charge is -2.26. The van der Waals surface area contributed by atoms with Crippen LogP contribution >= 0.6 is 0 Å². The molecule has 1 aliphatic heterocycles. The minimum Gasteiger partial charge on any atom is -0.370 e. The van der Waals surface area contributed by atoms with E-state index < -0.39 is 22.3 Å². The monoisotopic (exact) mass is 300 g/mol. The third kappa shape index (κ3) is 3.86. The first kappa shape index (κ1) is 15.1. The van der Waals surface area contributed by atoms with Gasteiger partial charge in [-0.15, -0.1) is 0 Å². The molecule has 20 heavy (non-hydrogen) atoms. The quantitative estimate of drug-likeness (QED) is 0.588. The zero-order chi connectivity index (χ0) is 14.6. The first-order valence-corrected chi connectivity index (χ1v) is 7.56. The number of aryl methyl sites for hydroxylation is 1. The van der Waals surface area contributed by atoms with Crippen LogP contribution in [0.3, 0.4) is 0 Å². The smallest absolute Gasteiger partial charge is 0.297 e. The maximum atomic E-state index is 11.9. The number of hydrogen-bond acceptors (Lipinski definition) is 6. The van der Waals surface area contributed by atoms with Crippen molar-refractivity contribution in [2.75, 3.05) is 19.8 Å². The van der Waals surface area contributed by atoms with Crippen LogP contribution in [0.4, 0.5) is 0 Å². The number of hydrogen-bond donors (Lipinski definition) is 0. The summed E-state index contributed by atoms with van der Waals surface area (Å²) in [6, 6.07) is 6.38. The van der Waals surface area contributed by atoms with E-state index in [1.54, 1.807) is 12.1 Å². The van der Waals surface area contributed by atoms with Gasteiger partial charge >= 0.3 is 0 Å². The van der Waals surface area contributed by atoms with Gasteiger partial charge in [-0.1, -0.05) is 17.7 Å². The molecule has 0 amide bonds. The Morgan fingerprint density at radius 2 is 1.95 bits per heavy atom. The van der Waals surface area contributed by atoms with Crippen molar-refractivity contribution in [3.05, 3.63) is 29.8 Å². The van der Waals surface area contributed by atoms with E-state index in [2.05, 4.69) is 0 Å². The Morgan fingerprint density at radius 1 is 1.25 bits per heavy atom. The van der Waals surface area contributed by atoms with Crippen LogP contribution in [0, 0.1) is 6.92 Å². The van der Waals surface area contributed by atoms with E-state index in [0.717, 1.165) is 5.56 Å². The fraction of sp³-hybridized carbons (Fsp3) is 0.462. The Labute approximate surface area is 117 Å². The second-order valence-corrected chi connectivity index (χ2v) is 6.13. The van der Waals surface area contributed by atoms with E-state index in [1.807, 2.05) is 6.92 Å². The minimum absolute atomic E-state index is 0.102. The molecule has 0 saturated carbocycles. The molecule has 1 aromatic rings. The van der Waals surface area contributed by atoms with Crippen LogP contribution in [0.25, 0.3) is 0 Å². The molecule has 1 aromatic carbocycles. The average Bonchev–Trinajstić information content (AvgIpc) is 2.46. The lowest BCUT2D eigenvalue weighted by atomic mass is 10.2. The topological polar surface area (TPSA) is 78.9 Å². The van der Waals surface area contributed by atoms with E-state index >= 15 is 0 Å². The van der Waals surface area contributed by atoms with Gasteiger partial charge < -0.3 is 14.3 Å². The average molecular weight is 300 g/mol. The van der Waals surface area contributed by atoms with Crippen molar-refractivity contribution in [1.29, 1.82) is 0 Å². The Morgan fingerprint density at radius 3 is 2.50 bits per heavy atom. The number of ether oxygens (including phenoxy) is 2. The van der Waals surface area contributed by atoms with Gasteiger partial charge in [0.05, 0.1) is 24.7 Å². The predicted octanol–water partition coefficient (Wildman–Crippen LogP) is 0.683. The van der Waals surface area contributed by atoms with Crippen molar-refractivity contribution < 1.29 is 26.9 Å². The van der Waals surface area contributed by atoms with Crippen molar-refractivity contribution in [3.63, 3.8) is 0 Å². The fourth-order valence-electron chi connectivity index (χ4n) is 1.67. The second-order valence-electron chi connectivity index (χ2n) is 4.51. The van der Waals surface area contributed by atoms with Crippen molar-refractivity contribution >= 4 is 16.4 Å². The lowest BCUT2D eigenvalue weighted by Crippen LogP contribution is -2.39. The van der Waals surface area contributed by atoms with Gasteiger partial charge in [0.2, 0.25) is 0 Å². The SMILES string of the molecule is Cc1ccc(S(=O)(=O)OCC2COC(C=O)CO2)cc1. The molecule has 0 aliphatic carbocycles. The van der Waals surface area contributed by atoms with Crippen molar-refractivity contribution in [2.45, 2.75) is 24.0 Å². The summed E-state index contributed by atoms with van der Waals surface area (Å²) in [6.07, 6.45) is -0.425. The largest absolute Gasteiger partial charge is 0.370 e. The third-order valence-electron chi connectivity index (χ3n) is 2.86. The Hall–Kier alpha value is -1.28. The molecule has 2 unspecified atom stereocenters. The molecule has 0 radical (unpaired) electrons. The molecule has 2 rings (SSSR count). The maximum absolute atomic E-state index is 11.9. The van der Waals surface area contributed by atoms with E-state index in [4.69, 9.17) is 13.7 Å². The summed E-state index contributed by atoms with van der Waals surface area (Å²) in [4.78, 5) is 10.6. The molecule has 110 valence electrons. The zero-order valence-corrected chi connectivity index (χ0v) is 11.8. The maximum Gasteiger partial charge on any atom is 0.297 e. The van der Waals surface area contributed by atoms with Gasteiger partial charge in [-0.2, -0.15) is 8.42 Å². The molecule has 0 spiro atoms. The Kier molecular flexibility index (Phi) is 4.87. The summed E-state index contributed by atoms with van der Waals surface area (Å²) < 4.78 is 39.3. The standard InChI is InChI=1S/C13H16O6S/c1-10-2-4-13(5-3-10)20(15,16)19-9-12-8-17-11(6-14)7-18-12/h2-6,11-12H,7-9H2,1H3. The first-order valence-electron chi connectivity index (χ1n) is 6.16.